The van der Waals surface area contributed by atoms with E-state index in [0.717, 1.165) is 123 Å². The third-order valence-corrected chi connectivity index (χ3v) is 23.1. The largest absolute Gasteiger partial charge is 0.326 e. The molecule has 0 bridgehead atoms. The van der Waals surface area contributed by atoms with Crippen molar-refractivity contribution in [3.05, 3.63) is 371 Å². The van der Waals surface area contributed by atoms with Crippen molar-refractivity contribution in [3.63, 3.8) is 0 Å². The van der Waals surface area contributed by atoms with Gasteiger partial charge in [-0.25, -0.2) is 26.3 Å². The maximum Gasteiger partial charge on any atom is 0.228 e. The summed E-state index contributed by atoms with van der Waals surface area (Å²) in [6, 6.07) is 60.1. The summed E-state index contributed by atoms with van der Waals surface area (Å²) in [6.45, 7) is 0. The van der Waals surface area contributed by atoms with Crippen LogP contribution in [0.3, 0.4) is 0 Å². The van der Waals surface area contributed by atoms with Gasteiger partial charge in [0.15, 0.2) is 0 Å². The number of fused-ring (bicyclic) bond motifs is 10. The van der Waals surface area contributed by atoms with Crippen LogP contribution >= 0.6 is 23.2 Å². The van der Waals surface area contributed by atoms with Gasteiger partial charge in [0.1, 0.15) is 34.9 Å². The fraction of sp³-hybridized carbons (Fsp3) is 0.0680. The highest BCUT2D eigenvalue weighted by Gasteiger charge is 2.29. The van der Waals surface area contributed by atoms with Gasteiger partial charge in [0, 0.05) is 146 Å². The zero-order valence-electron chi connectivity index (χ0n) is 69.1. The SMILES string of the molecule is O=C1Cc2cc(-c3cccnc3)c(F)cc2N1.O=C1Cc2cc(-c3cccnc3)cc(F)c2N1.O=C1Cc2cc(-c3cncc(F)c3)cc(Cl)c2N1.O=C1Cc2cc(-c3cncc(F)c3)cc(F)c2N1.O=C1Cc2cc(-c3cncc4ccccc34)cc(Cl)c2N1.O=C1Cc2cc(-c3cncc4ccccc34)cc(F)c2N1.O=C1Cc2cc(-c3cncc4ccccc34)ccc2N1. The molecule has 0 aliphatic carbocycles. The van der Waals surface area contributed by atoms with Crippen LogP contribution in [0.5, 0.6) is 0 Å². The Kier molecular flexibility index (Phi) is 24.4. The van der Waals surface area contributed by atoms with E-state index in [-0.39, 0.29) is 72.1 Å². The number of carbonyl (C=O) groups excluding carboxylic acids is 7. The highest BCUT2D eigenvalue weighted by atomic mass is 35.5. The predicted molar refractivity (Wildman–Crippen MR) is 496 cm³/mol. The number of nitrogens with zero attached hydrogens (tertiary/aromatic N) is 7. The van der Waals surface area contributed by atoms with Gasteiger partial charge in [-0.1, -0.05) is 114 Å². The zero-order valence-corrected chi connectivity index (χ0v) is 70.6. The molecule has 7 amide bonds. The second kappa shape index (κ2) is 37.4. The van der Waals surface area contributed by atoms with Crippen molar-refractivity contribution in [2.45, 2.75) is 44.9 Å². The number of hydrogen-bond donors (Lipinski definition) is 7. The first-order valence-corrected chi connectivity index (χ1v) is 41.9. The lowest BCUT2D eigenvalue weighted by atomic mass is 9.98. The Balaban J connectivity index is 0.000000103. The number of aromatic nitrogens is 7. The molecule has 7 aliphatic rings. The van der Waals surface area contributed by atoms with Crippen LogP contribution in [0.25, 0.3) is 110 Å². The molecule has 24 rings (SSSR count). The van der Waals surface area contributed by atoms with E-state index >= 15 is 0 Å². The Labute approximate surface area is 757 Å². The average Bonchev–Trinajstić information content (AvgIpc) is 1.38. The van der Waals surface area contributed by atoms with E-state index in [1.54, 1.807) is 79.8 Å². The molecular formula is C103H68Cl2F6N14O7. The van der Waals surface area contributed by atoms with Crippen molar-refractivity contribution in [1.82, 2.24) is 34.9 Å². The number of anilines is 7. The fourth-order valence-electron chi connectivity index (χ4n) is 16.4. The van der Waals surface area contributed by atoms with Crippen molar-refractivity contribution >= 4 is 137 Å². The summed E-state index contributed by atoms with van der Waals surface area (Å²) in [6.07, 6.45) is 24.8. The number of halogens is 8. The number of rotatable bonds is 7. The molecule has 0 radical (unpaired) electrons. The standard InChI is InChI=1S/C17H11ClN2O.C17H11FN2O.C17H12N2O.C13H8ClFN2O.C13H8F2N2O.2C13H9FN2O/c2*18-15-6-11(5-12-7-16(21)20-17(12)15)14-9-19-8-10-3-1-2-4-13(10)14;20-17-8-13-7-11(5-6-16(13)19-17)15-10-18-9-12-3-1-2-4-14(12)15;14-11-3-7(9-2-10(15)6-16-5-9)1-8-4-12(18)17-13(8)11;14-10-2-9(5-16-6-10)7-1-8-4-12(18)17-13(8)11(15)3-7;14-11-6-12-9(5-13(17)16-12)4-10(11)8-2-1-3-15-7-8;14-11-5-9(8-2-1-3-15-7-8)4-10-6-12(17)16-13(10)11/h2*1-6,8-9H,7H2,(H,20,21);1-7,9-10H,8H2,(H,19,20);2*1-3,5-6H,4H2,(H,17,18);1-4,6-7H,5H2,(H,16,17);1-5,7H,6H2,(H,16,17). The second-order valence-electron chi connectivity index (χ2n) is 31.4. The number of carbonyl (C=O) groups is 7. The van der Waals surface area contributed by atoms with Crippen molar-refractivity contribution in [3.8, 4) is 77.9 Å². The molecule has 10 aromatic carbocycles. The van der Waals surface area contributed by atoms with E-state index in [0.29, 0.717) is 103 Å². The first kappa shape index (κ1) is 86.2. The van der Waals surface area contributed by atoms with Crippen molar-refractivity contribution in [2.24, 2.45) is 0 Å². The lowest BCUT2D eigenvalue weighted by Crippen LogP contribution is -2.04. The van der Waals surface area contributed by atoms with Gasteiger partial charge in [0.25, 0.3) is 0 Å². The fourth-order valence-corrected chi connectivity index (χ4v) is 17.0. The minimum absolute atomic E-state index is 0.0138. The number of pyridine rings is 7. The quantitative estimate of drug-likeness (QED) is 0.0731. The van der Waals surface area contributed by atoms with Gasteiger partial charge in [0.05, 0.1) is 95.8 Å². The second-order valence-corrected chi connectivity index (χ2v) is 32.2. The van der Waals surface area contributed by atoms with Crippen LogP contribution in [0.1, 0.15) is 38.9 Å². The maximum absolute atomic E-state index is 14.2. The summed E-state index contributed by atoms with van der Waals surface area (Å²) in [5.74, 6) is -3.25. The monoisotopic (exact) mass is 1800 g/mol. The molecule has 0 unspecified atom stereocenters. The van der Waals surface area contributed by atoms with Gasteiger partial charge in [-0.3, -0.25) is 68.4 Å². The first-order valence-electron chi connectivity index (χ1n) is 41.2. The molecule has 14 heterocycles. The maximum atomic E-state index is 14.2. The van der Waals surface area contributed by atoms with Gasteiger partial charge >= 0.3 is 0 Å². The smallest absolute Gasteiger partial charge is 0.228 e. The highest BCUT2D eigenvalue weighted by Crippen LogP contribution is 2.43. The molecule has 0 atom stereocenters. The van der Waals surface area contributed by atoms with E-state index in [1.165, 1.54) is 48.0 Å². The molecule has 21 nitrogen and oxygen atoms in total. The molecule has 17 aromatic rings. The minimum atomic E-state index is -0.516. The van der Waals surface area contributed by atoms with E-state index < -0.39 is 29.1 Å². The van der Waals surface area contributed by atoms with Crippen LogP contribution in [0.2, 0.25) is 10.0 Å². The highest BCUT2D eigenvalue weighted by molar-refractivity contribution is 6.35. The molecule has 7 N–H and O–H groups in total. The molecule has 132 heavy (non-hydrogen) atoms. The lowest BCUT2D eigenvalue weighted by molar-refractivity contribution is -0.115. The third-order valence-electron chi connectivity index (χ3n) is 22.5. The van der Waals surface area contributed by atoms with E-state index in [9.17, 15) is 59.9 Å². The summed E-state index contributed by atoms with van der Waals surface area (Å²) < 4.78 is 81.8. The lowest BCUT2D eigenvalue weighted by Gasteiger charge is -2.09. The van der Waals surface area contributed by atoms with Crippen LogP contribution in [0.15, 0.2) is 287 Å². The Morgan fingerprint density at radius 1 is 0.227 bits per heavy atom. The summed E-state index contributed by atoms with van der Waals surface area (Å²) in [7, 11) is 0. The molecule has 648 valence electrons. The number of nitrogens with one attached hydrogen (secondary N) is 7. The minimum Gasteiger partial charge on any atom is -0.326 e. The number of amides is 7. The van der Waals surface area contributed by atoms with Crippen molar-refractivity contribution in [1.29, 1.82) is 0 Å². The number of benzene rings is 10. The topological polar surface area (TPSA) is 294 Å². The molecule has 7 aromatic heterocycles. The van der Waals surface area contributed by atoms with E-state index in [1.807, 2.05) is 128 Å². The van der Waals surface area contributed by atoms with Crippen LogP contribution < -0.4 is 37.2 Å². The van der Waals surface area contributed by atoms with E-state index in [4.69, 9.17) is 23.2 Å². The van der Waals surface area contributed by atoms with Gasteiger partial charge in [0.2, 0.25) is 41.4 Å². The Hall–Kier alpha value is -16.5. The van der Waals surface area contributed by atoms with Crippen LogP contribution in [-0.2, 0) is 78.5 Å². The molecule has 7 aliphatic heterocycles. The van der Waals surface area contributed by atoms with Crippen LogP contribution in [0.4, 0.5) is 66.2 Å². The molecule has 29 heteroatoms. The predicted octanol–water partition coefficient (Wildman–Crippen LogP) is 21.3. The average molecular weight is 1800 g/mol. The molecule has 0 saturated carbocycles. The van der Waals surface area contributed by atoms with Crippen molar-refractivity contribution < 1.29 is 59.9 Å². The Morgan fingerprint density at radius 2 is 0.561 bits per heavy atom. The molecular weight excluding hydrogens is 1730 g/mol. The summed E-state index contributed by atoms with van der Waals surface area (Å²) >= 11 is 12.4. The van der Waals surface area contributed by atoms with Gasteiger partial charge in [-0.05, 0) is 198 Å². The van der Waals surface area contributed by atoms with Crippen LogP contribution in [0, 0.1) is 34.9 Å². The summed E-state index contributed by atoms with van der Waals surface area (Å²) in [4.78, 5) is 108. The Morgan fingerprint density at radius 3 is 1.01 bits per heavy atom. The zero-order chi connectivity index (χ0) is 91.4. The Bertz CT molecular complexity index is 7330. The normalized spacial score (nSPS) is 13.3. The van der Waals surface area contributed by atoms with Gasteiger partial charge < -0.3 is 37.2 Å². The van der Waals surface area contributed by atoms with Crippen molar-refractivity contribution in [2.75, 3.05) is 37.2 Å². The third kappa shape index (κ3) is 18.9. The summed E-state index contributed by atoms with van der Waals surface area (Å²) in [5.41, 5.74) is 20.3. The molecule has 0 spiro atoms. The summed E-state index contributed by atoms with van der Waals surface area (Å²) in [5, 5.41) is 26.1. The molecule has 0 saturated heterocycles. The van der Waals surface area contributed by atoms with Gasteiger partial charge in [-0.15, -0.1) is 0 Å². The van der Waals surface area contributed by atoms with Gasteiger partial charge in [-0.2, -0.15) is 0 Å². The van der Waals surface area contributed by atoms with E-state index in [2.05, 4.69) is 96.4 Å². The number of hydrogen-bond acceptors (Lipinski definition) is 14. The van der Waals surface area contributed by atoms with Crippen LogP contribution in [-0.4, -0.2) is 76.2 Å². The molecule has 0 fully saturated rings. The first-order chi connectivity index (χ1) is 64.0.